The molecule has 0 aliphatic carbocycles. The van der Waals surface area contributed by atoms with Crippen LogP contribution in [-0.4, -0.2) is 35.7 Å². The standard InChI is InChI=1S/C24H26N2O4S/c27-24(16-20-17-31-18-25-20)30-26-13-10-19(11-14-26)12-15-28-21-6-8-23(9-7-21)29-22-4-2-1-3-5-22/h1-9,17-19H,10-16H2. The third-order valence-electron chi connectivity index (χ3n) is 5.21. The van der Waals surface area contributed by atoms with Crippen LogP contribution >= 0.6 is 11.3 Å². The highest BCUT2D eigenvalue weighted by Gasteiger charge is 2.22. The Labute approximate surface area is 186 Å². The Hall–Kier alpha value is -2.90. The van der Waals surface area contributed by atoms with Crippen molar-refractivity contribution in [3.63, 3.8) is 0 Å². The fourth-order valence-corrected chi connectivity index (χ4v) is 4.07. The Balaban J connectivity index is 1.12. The van der Waals surface area contributed by atoms with Gasteiger partial charge < -0.3 is 14.3 Å². The van der Waals surface area contributed by atoms with E-state index < -0.39 is 0 Å². The van der Waals surface area contributed by atoms with Crippen LogP contribution in [0.15, 0.2) is 65.5 Å². The molecule has 1 aliphatic heterocycles. The molecule has 3 aromatic rings. The highest BCUT2D eigenvalue weighted by Crippen LogP contribution is 2.25. The summed E-state index contributed by atoms with van der Waals surface area (Å²) in [4.78, 5) is 21.6. The van der Waals surface area contributed by atoms with Gasteiger partial charge in [0, 0.05) is 18.5 Å². The fraction of sp³-hybridized carbons (Fsp3) is 0.333. The van der Waals surface area contributed by atoms with Crippen LogP contribution in [0.3, 0.4) is 0 Å². The van der Waals surface area contributed by atoms with E-state index in [9.17, 15) is 4.79 Å². The van der Waals surface area contributed by atoms with Crippen molar-refractivity contribution in [1.29, 1.82) is 0 Å². The average Bonchev–Trinajstić information content (AvgIpc) is 3.30. The van der Waals surface area contributed by atoms with E-state index >= 15 is 0 Å². The number of hydrogen-bond donors (Lipinski definition) is 0. The zero-order valence-corrected chi connectivity index (χ0v) is 18.1. The molecule has 0 bridgehead atoms. The molecule has 1 saturated heterocycles. The minimum Gasteiger partial charge on any atom is -0.494 e. The van der Waals surface area contributed by atoms with Gasteiger partial charge in [0.25, 0.3) is 0 Å². The van der Waals surface area contributed by atoms with Gasteiger partial charge in [-0.1, -0.05) is 18.2 Å². The third-order valence-corrected chi connectivity index (χ3v) is 5.85. The van der Waals surface area contributed by atoms with Crippen molar-refractivity contribution >= 4 is 17.3 Å². The lowest BCUT2D eigenvalue weighted by atomic mass is 9.95. The largest absolute Gasteiger partial charge is 0.494 e. The lowest BCUT2D eigenvalue weighted by molar-refractivity contribution is -0.196. The number of carbonyl (C=O) groups excluding carboxylic acids is 1. The van der Waals surface area contributed by atoms with Crippen LogP contribution in [-0.2, 0) is 16.1 Å². The molecule has 0 amide bonds. The summed E-state index contributed by atoms with van der Waals surface area (Å²) in [7, 11) is 0. The topological polar surface area (TPSA) is 60.9 Å². The highest BCUT2D eigenvalue weighted by molar-refractivity contribution is 7.07. The number of para-hydroxylation sites is 1. The summed E-state index contributed by atoms with van der Waals surface area (Å²) in [5.41, 5.74) is 2.49. The quantitative estimate of drug-likeness (QED) is 0.462. The van der Waals surface area contributed by atoms with Crippen molar-refractivity contribution in [2.75, 3.05) is 19.7 Å². The first-order chi connectivity index (χ1) is 15.2. The number of piperidine rings is 1. The molecule has 1 aromatic heterocycles. The number of rotatable bonds is 9. The molecule has 162 valence electrons. The highest BCUT2D eigenvalue weighted by atomic mass is 32.1. The second kappa shape index (κ2) is 10.9. The first-order valence-corrected chi connectivity index (χ1v) is 11.5. The zero-order valence-electron chi connectivity index (χ0n) is 17.3. The van der Waals surface area contributed by atoms with Gasteiger partial charge in [0.05, 0.1) is 24.2 Å². The number of hydrogen-bond acceptors (Lipinski definition) is 7. The van der Waals surface area contributed by atoms with Crippen molar-refractivity contribution < 1.29 is 19.1 Å². The van der Waals surface area contributed by atoms with Crippen molar-refractivity contribution in [1.82, 2.24) is 10.0 Å². The molecule has 0 spiro atoms. The van der Waals surface area contributed by atoms with Gasteiger partial charge >= 0.3 is 5.97 Å². The van der Waals surface area contributed by atoms with Gasteiger partial charge in [-0.15, -0.1) is 16.4 Å². The van der Waals surface area contributed by atoms with Gasteiger partial charge in [-0.05, 0) is 61.6 Å². The molecule has 0 unspecified atom stereocenters. The van der Waals surface area contributed by atoms with Crippen LogP contribution in [0, 0.1) is 5.92 Å². The van der Waals surface area contributed by atoms with Crippen molar-refractivity contribution in [3.8, 4) is 17.2 Å². The van der Waals surface area contributed by atoms with Crippen LogP contribution < -0.4 is 9.47 Å². The predicted octanol–water partition coefficient (Wildman–Crippen LogP) is 5.12. The number of nitrogens with zero attached hydrogens (tertiary/aromatic N) is 2. The molecule has 31 heavy (non-hydrogen) atoms. The number of thiazole rings is 1. The van der Waals surface area contributed by atoms with E-state index in [0.717, 1.165) is 55.3 Å². The molecule has 0 radical (unpaired) electrons. The number of aromatic nitrogens is 1. The Morgan fingerprint density at radius 2 is 1.71 bits per heavy atom. The lowest BCUT2D eigenvalue weighted by Gasteiger charge is -2.30. The summed E-state index contributed by atoms with van der Waals surface area (Å²) in [5, 5.41) is 3.65. The smallest absolute Gasteiger partial charge is 0.331 e. The van der Waals surface area contributed by atoms with E-state index in [1.807, 2.05) is 60.0 Å². The van der Waals surface area contributed by atoms with Gasteiger partial charge in [-0.25, -0.2) is 9.78 Å². The van der Waals surface area contributed by atoms with Gasteiger partial charge in [0.15, 0.2) is 0 Å². The van der Waals surface area contributed by atoms with Crippen LogP contribution in [0.2, 0.25) is 0 Å². The van der Waals surface area contributed by atoms with Crippen LogP contribution in [0.5, 0.6) is 17.2 Å². The molecule has 1 fully saturated rings. The number of benzene rings is 2. The molecule has 7 heteroatoms. The van der Waals surface area contributed by atoms with E-state index in [4.69, 9.17) is 14.3 Å². The molecule has 0 atom stereocenters. The molecule has 2 aromatic carbocycles. The predicted molar refractivity (Wildman–Crippen MR) is 119 cm³/mol. The second-order valence-electron chi connectivity index (χ2n) is 7.52. The Bertz CT molecular complexity index is 924. The minimum atomic E-state index is -0.243. The molecular weight excluding hydrogens is 412 g/mol. The average molecular weight is 439 g/mol. The van der Waals surface area contributed by atoms with E-state index in [1.165, 1.54) is 11.3 Å². The van der Waals surface area contributed by atoms with E-state index in [0.29, 0.717) is 12.5 Å². The second-order valence-corrected chi connectivity index (χ2v) is 8.23. The Morgan fingerprint density at radius 3 is 2.42 bits per heavy atom. The third kappa shape index (κ3) is 6.80. The van der Waals surface area contributed by atoms with Gasteiger partial charge in [0.1, 0.15) is 17.2 Å². The Morgan fingerprint density at radius 1 is 1.00 bits per heavy atom. The summed E-state index contributed by atoms with van der Waals surface area (Å²) in [6.45, 7) is 2.20. The normalized spacial score (nSPS) is 14.8. The fourth-order valence-electron chi connectivity index (χ4n) is 3.51. The molecule has 0 N–H and O–H groups in total. The molecule has 4 rings (SSSR count). The minimum absolute atomic E-state index is 0.229. The summed E-state index contributed by atoms with van der Waals surface area (Å²) >= 11 is 1.48. The zero-order chi connectivity index (χ0) is 21.3. The molecule has 0 saturated carbocycles. The number of hydroxylamine groups is 2. The van der Waals surface area contributed by atoms with Gasteiger partial charge in [-0.3, -0.25) is 0 Å². The van der Waals surface area contributed by atoms with Gasteiger partial charge in [0.2, 0.25) is 0 Å². The van der Waals surface area contributed by atoms with Crippen LogP contribution in [0.4, 0.5) is 0 Å². The first-order valence-electron chi connectivity index (χ1n) is 10.5. The first kappa shape index (κ1) is 21.3. The van der Waals surface area contributed by atoms with Crippen LogP contribution in [0.25, 0.3) is 0 Å². The maximum atomic E-state index is 12.0. The monoisotopic (exact) mass is 438 g/mol. The summed E-state index contributed by atoms with van der Waals surface area (Å²) in [6.07, 6.45) is 3.21. The molecular formula is C24H26N2O4S. The maximum Gasteiger partial charge on any atom is 0.331 e. The summed E-state index contributed by atoms with van der Waals surface area (Å²) in [6, 6.07) is 17.4. The molecule has 6 nitrogen and oxygen atoms in total. The van der Waals surface area contributed by atoms with Gasteiger partial charge in [-0.2, -0.15) is 0 Å². The molecule has 1 aliphatic rings. The SMILES string of the molecule is O=C(Cc1cscn1)ON1CCC(CCOc2ccc(Oc3ccccc3)cc2)CC1. The van der Waals surface area contributed by atoms with Crippen molar-refractivity contribution in [2.24, 2.45) is 5.92 Å². The Kier molecular flexibility index (Phi) is 7.52. The van der Waals surface area contributed by atoms with E-state index in [1.54, 1.807) is 10.6 Å². The summed E-state index contributed by atoms with van der Waals surface area (Å²) < 4.78 is 11.7. The maximum absolute atomic E-state index is 12.0. The van der Waals surface area contributed by atoms with Crippen molar-refractivity contribution in [2.45, 2.75) is 25.7 Å². The number of carbonyl (C=O) groups is 1. The lowest BCUT2D eigenvalue weighted by Crippen LogP contribution is -2.36. The van der Waals surface area contributed by atoms with Crippen molar-refractivity contribution in [3.05, 3.63) is 71.2 Å². The molecule has 2 heterocycles. The number of ether oxygens (including phenoxy) is 2. The van der Waals surface area contributed by atoms with E-state index in [2.05, 4.69) is 4.98 Å². The summed E-state index contributed by atoms with van der Waals surface area (Å²) in [5.74, 6) is 2.78. The van der Waals surface area contributed by atoms with Crippen LogP contribution in [0.1, 0.15) is 25.0 Å². The van der Waals surface area contributed by atoms with E-state index in [-0.39, 0.29) is 12.4 Å².